The number of thiophene rings is 1. The molecule has 4 nitrogen and oxygen atoms in total. The van der Waals surface area contributed by atoms with Gasteiger partial charge in [0.05, 0.1) is 7.11 Å². The molecule has 0 radical (unpaired) electrons. The minimum Gasteiger partial charge on any atom is -0.496 e. The molecule has 0 fully saturated rings. The fourth-order valence-electron chi connectivity index (χ4n) is 2.02. The van der Waals surface area contributed by atoms with Crippen molar-refractivity contribution in [3.8, 4) is 5.75 Å². The zero-order valence-corrected chi connectivity index (χ0v) is 12.3. The van der Waals surface area contributed by atoms with Gasteiger partial charge in [0, 0.05) is 23.5 Å². The van der Waals surface area contributed by atoms with Crippen molar-refractivity contribution < 1.29 is 14.6 Å². The quantitative estimate of drug-likeness (QED) is 0.888. The Morgan fingerprint density at radius 3 is 2.65 bits per heavy atom. The molecule has 2 rings (SSSR count). The van der Waals surface area contributed by atoms with Crippen LogP contribution in [0.1, 0.15) is 20.1 Å². The molecule has 5 heteroatoms. The number of methoxy groups -OCH3 is 1. The van der Waals surface area contributed by atoms with Crippen LogP contribution in [-0.2, 0) is 13.1 Å². The predicted molar refractivity (Wildman–Crippen MR) is 79.4 cm³/mol. The highest BCUT2D eigenvalue weighted by Crippen LogP contribution is 2.22. The first-order valence-corrected chi connectivity index (χ1v) is 7.04. The van der Waals surface area contributed by atoms with E-state index in [1.54, 1.807) is 13.2 Å². The first-order chi connectivity index (χ1) is 9.60. The van der Waals surface area contributed by atoms with Crippen molar-refractivity contribution in [1.29, 1.82) is 0 Å². The van der Waals surface area contributed by atoms with E-state index in [1.807, 2.05) is 37.4 Å². The Balaban J connectivity index is 2.01. The van der Waals surface area contributed by atoms with Crippen molar-refractivity contribution in [3.05, 3.63) is 51.7 Å². The van der Waals surface area contributed by atoms with Crippen molar-refractivity contribution in [2.45, 2.75) is 13.1 Å². The lowest BCUT2D eigenvalue weighted by molar-refractivity contribution is 0.0702. The maximum atomic E-state index is 10.9. The molecule has 0 aliphatic carbocycles. The Hall–Kier alpha value is -1.85. The van der Waals surface area contributed by atoms with E-state index in [1.165, 1.54) is 11.3 Å². The van der Waals surface area contributed by atoms with Crippen LogP contribution < -0.4 is 4.74 Å². The number of nitrogens with zero attached hydrogens (tertiary/aromatic N) is 1. The van der Waals surface area contributed by atoms with Gasteiger partial charge in [-0.05, 0) is 25.2 Å². The molecule has 2 aromatic rings. The molecule has 1 N–H and O–H groups in total. The summed E-state index contributed by atoms with van der Waals surface area (Å²) in [5.41, 5.74) is 1.12. The van der Waals surface area contributed by atoms with Crippen LogP contribution in [0.4, 0.5) is 0 Å². The predicted octanol–water partition coefficient (Wildman–Crippen LogP) is 3.09. The molecule has 0 spiro atoms. The van der Waals surface area contributed by atoms with Crippen LogP contribution in [0.15, 0.2) is 36.4 Å². The van der Waals surface area contributed by atoms with E-state index in [0.717, 1.165) is 29.3 Å². The molecule has 1 aromatic heterocycles. The number of aromatic carboxylic acids is 1. The molecule has 0 unspecified atom stereocenters. The van der Waals surface area contributed by atoms with Crippen molar-refractivity contribution in [3.63, 3.8) is 0 Å². The Morgan fingerprint density at radius 2 is 2.00 bits per heavy atom. The second-order valence-electron chi connectivity index (χ2n) is 4.56. The van der Waals surface area contributed by atoms with E-state index in [-0.39, 0.29) is 0 Å². The van der Waals surface area contributed by atoms with E-state index >= 15 is 0 Å². The Morgan fingerprint density at radius 1 is 1.25 bits per heavy atom. The summed E-state index contributed by atoms with van der Waals surface area (Å²) in [4.78, 5) is 14.4. The van der Waals surface area contributed by atoms with Crippen LogP contribution in [0.25, 0.3) is 0 Å². The molecule has 0 atom stereocenters. The van der Waals surface area contributed by atoms with Gasteiger partial charge >= 0.3 is 5.97 Å². The van der Waals surface area contributed by atoms with Gasteiger partial charge in [0.15, 0.2) is 0 Å². The number of carboxylic acid groups (broad SMARTS) is 1. The van der Waals surface area contributed by atoms with Crippen LogP contribution in [0.5, 0.6) is 5.75 Å². The zero-order chi connectivity index (χ0) is 14.5. The SMILES string of the molecule is COc1ccccc1CN(C)Cc1ccc(C(=O)O)s1. The van der Waals surface area contributed by atoms with Crippen molar-refractivity contribution >= 4 is 17.3 Å². The van der Waals surface area contributed by atoms with Gasteiger partial charge in [-0.3, -0.25) is 4.90 Å². The highest BCUT2D eigenvalue weighted by Gasteiger charge is 2.10. The number of ether oxygens (including phenoxy) is 1. The summed E-state index contributed by atoms with van der Waals surface area (Å²) >= 11 is 1.32. The van der Waals surface area contributed by atoms with Gasteiger partial charge in [0.25, 0.3) is 0 Å². The smallest absolute Gasteiger partial charge is 0.345 e. The number of hydrogen-bond acceptors (Lipinski definition) is 4. The highest BCUT2D eigenvalue weighted by atomic mass is 32.1. The Kier molecular flexibility index (Phi) is 4.76. The van der Waals surface area contributed by atoms with Crippen LogP contribution in [0.3, 0.4) is 0 Å². The molecule has 1 aromatic carbocycles. The molecule has 0 aliphatic heterocycles. The van der Waals surface area contributed by atoms with Crippen molar-refractivity contribution in [2.75, 3.05) is 14.2 Å². The number of carbonyl (C=O) groups is 1. The molecular formula is C15H17NO3S. The van der Waals surface area contributed by atoms with E-state index in [4.69, 9.17) is 9.84 Å². The summed E-state index contributed by atoms with van der Waals surface area (Å²) in [5, 5.41) is 8.92. The second-order valence-corrected chi connectivity index (χ2v) is 5.72. The third kappa shape index (κ3) is 3.59. The minimum atomic E-state index is -0.867. The Labute approximate surface area is 122 Å². The van der Waals surface area contributed by atoms with Gasteiger partial charge in [-0.2, -0.15) is 0 Å². The van der Waals surface area contributed by atoms with E-state index in [9.17, 15) is 4.79 Å². The maximum Gasteiger partial charge on any atom is 0.345 e. The zero-order valence-electron chi connectivity index (χ0n) is 11.5. The van der Waals surface area contributed by atoms with Crippen molar-refractivity contribution in [1.82, 2.24) is 4.90 Å². The first-order valence-electron chi connectivity index (χ1n) is 6.22. The average molecular weight is 291 g/mol. The van der Waals surface area contributed by atoms with Gasteiger partial charge < -0.3 is 9.84 Å². The number of hydrogen-bond donors (Lipinski definition) is 1. The summed E-state index contributed by atoms with van der Waals surface area (Å²) < 4.78 is 5.33. The lowest BCUT2D eigenvalue weighted by atomic mass is 10.2. The van der Waals surface area contributed by atoms with Crippen LogP contribution in [0, 0.1) is 0 Å². The number of carboxylic acids is 1. The van der Waals surface area contributed by atoms with Crippen LogP contribution >= 0.6 is 11.3 Å². The summed E-state index contributed by atoms with van der Waals surface area (Å²) in [6, 6.07) is 11.4. The average Bonchev–Trinajstić information content (AvgIpc) is 2.88. The second kappa shape index (κ2) is 6.54. The molecule has 1 heterocycles. The summed E-state index contributed by atoms with van der Waals surface area (Å²) in [6.07, 6.45) is 0. The molecule has 0 saturated heterocycles. The lowest BCUT2D eigenvalue weighted by Crippen LogP contribution is -2.17. The summed E-state index contributed by atoms with van der Waals surface area (Å²) in [5.74, 6) is 0.00499. The van der Waals surface area contributed by atoms with Gasteiger partial charge in [-0.15, -0.1) is 11.3 Å². The minimum absolute atomic E-state index is 0.380. The largest absolute Gasteiger partial charge is 0.496 e. The molecule has 0 bridgehead atoms. The van der Waals surface area contributed by atoms with Gasteiger partial charge in [-0.1, -0.05) is 18.2 Å². The van der Waals surface area contributed by atoms with Crippen LogP contribution in [0.2, 0.25) is 0 Å². The fraction of sp³-hybridized carbons (Fsp3) is 0.267. The van der Waals surface area contributed by atoms with Gasteiger partial charge in [-0.25, -0.2) is 4.79 Å². The lowest BCUT2D eigenvalue weighted by Gasteiger charge is -2.17. The molecule has 106 valence electrons. The maximum absolute atomic E-state index is 10.9. The van der Waals surface area contributed by atoms with E-state index in [0.29, 0.717) is 4.88 Å². The number of benzene rings is 1. The normalized spacial score (nSPS) is 10.8. The van der Waals surface area contributed by atoms with Gasteiger partial charge in [0.1, 0.15) is 10.6 Å². The fourth-order valence-corrected chi connectivity index (χ4v) is 2.95. The first kappa shape index (κ1) is 14.6. The van der Waals surface area contributed by atoms with Crippen molar-refractivity contribution in [2.24, 2.45) is 0 Å². The van der Waals surface area contributed by atoms with E-state index < -0.39 is 5.97 Å². The number of para-hydroxylation sites is 1. The third-order valence-electron chi connectivity index (χ3n) is 2.93. The standard InChI is InChI=1S/C15H17NO3S/c1-16(9-11-5-3-4-6-13(11)19-2)10-12-7-8-14(20-12)15(17)18/h3-8H,9-10H2,1-2H3,(H,17,18). The third-order valence-corrected chi connectivity index (χ3v) is 3.99. The molecular weight excluding hydrogens is 274 g/mol. The number of rotatable bonds is 6. The molecule has 0 amide bonds. The summed E-state index contributed by atoms with van der Waals surface area (Å²) in [6.45, 7) is 1.47. The molecule has 0 aliphatic rings. The summed E-state index contributed by atoms with van der Waals surface area (Å²) in [7, 11) is 3.67. The van der Waals surface area contributed by atoms with E-state index in [2.05, 4.69) is 4.90 Å². The Bertz CT molecular complexity index is 594. The van der Waals surface area contributed by atoms with Crippen LogP contribution in [-0.4, -0.2) is 30.1 Å². The highest BCUT2D eigenvalue weighted by molar-refractivity contribution is 7.13. The van der Waals surface area contributed by atoms with Gasteiger partial charge in [0.2, 0.25) is 0 Å². The molecule has 20 heavy (non-hydrogen) atoms. The topological polar surface area (TPSA) is 49.8 Å². The molecule has 0 saturated carbocycles. The monoisotopic (exact) mass is 291 g/mol.